The second kappa shape index (κ2) is 11.6. The second-order valence-corrected chi connectivity index (χ2v) is 10.2. The molecule has 38 heavy (non-hydrogen) atoms. The van der Waals surface area contributed by atoms with Crippen molar-refractivity contribution in [3.8, 4) is 11.5 Å². The molecule has 1 heterocycles. The molecule has 4 amide bonds. The van der Waals surface area contributed by atoms with Gasteiger partial charge < -0.3 is 9.47 Å². The number of anilines is 1. The highest BCUT2D eigenvalue weighted by molar-refractivity contribution is 9.10. The summed E-state index contributed by atoms with van der Waals surface area (Å²) in [6.45, 7) is 6.15. The maximum absolute atomic E-state index is 13.3. The molecule has 0 saturated carbocycles. The predicted molar refractivity (Wildman–Crippen MR) is 151 cm³/mol. The van der Waals surface area contributed by atoms with E-state index in [1.165, 1.54) is 6.08 Å². The number of nitrogens with one attached hydrogen (secondary N) is 1. The molecular formula is C28H23BrCl2N2O5. The number of hydrogen-bond donors (Lipinski definition) is 1. The number of imide groups is 2. The van der Waals surface area contributed by atoms with Crippen LogP contribution in [-0.2, 0) is 16.2 Å². The Hall–Kier alpha value is -3.33. The van der Waals surface area contributed by atoms with E-state index in [0.717, 1.165) is 21.6 Å². The van der Waals surface area contributed by atoms with Gasteiger partial charge >= 0.3 is 6.03 Å². The van der Waals surface area contributed by atoms with Crippen molar-refractivity contribution in [1.82, 2.24) is 5.32 Å². The summed E-state index contributed by atoms with van der Waals surface area (Å²) in [4.78, 5) is 39.5. The molecule has 0 unspecified atom stereocenters. The second-order valence-electron chi connectivity index (χ2n) is 8.50. The summed E-state index contributed by atoms with van der Waals surface area (Å²) in [5, 5.41) is 3.24. The molecule has 3 aromatic rings. The fourth-order valence-corrected chi connectivity index (χ4v) is 4.65. The van der Waals surface area contributed by atoms with Crippen molar-refractivity contribution < 1.29 is 23.9 Å². The number of benzene rings is 3. The third kappa shape index (κ3) is 5.88. The number of rotatable bonds is 7. The van der Waals surface area contributed by atoms with Crippen LogP contribution in [-0.4, -0.2) is 24.5 Å². The van der Waals surface area contributed by atoms with Crippen molar-refractivity contribution >= 4 is 68.7 Å². The van der Waals surface area contributed by atoms with Crippen LogP contribution in [0.3, 0.4) is 0 Å². The highest BCUT2D eigenvalue weighted by Gasteiger charge is 2.37. The van der Waals surface area contributed by atoms with Crippen molar-refractivity contribution in [3.63, 3.8) is 0 Å². The molecule has 4 rings (SSSR count). The highest BCUT2D eigenvalue weighted by atomic mass is 79.9. The lowest BCUT2D eigenvalue weighted by atomic mass is 10.0. The first-order valence-electron chi connectivity index (χ1n) is 11.6. The number of carbonyl (C=O) groups is 3. The maximum atomic E-state index is 13.3. The van der Waals surface area contributed by atoms with E-state index in [-0.39, 0.29) is 12.2 Å². The molecule has 0 radical (unpaired) electrons. The summed E-state index contributed by atoms with van der Waals surface area (Å²) >= 11 is 15.7. The smallest absolute Gasteiger partial charge is 0.335 e. The Labute approximate surface area is 238 Å². The van der Waals surface area contributed by atoms with E-state index in [4.69, 9.17) is 32.7 Å². The van der Waals surface area contributed by atoms with Crippen molar-refractivity contribution in [3.05, 3.63) is 90.9 Å². The molecule has 0 aliphatic carbocycles. The van der Waals surface area contributed by atoms with E-state index in [1.54, 1.807) is 42.5 Å². The molecule has 3 aromatic carbocycles. The third-order valence-corrected chi connectivity index (χ3v) is 7.19. The van der Waals surface area contributed by atoms with Gasteiger partial charge in [0.2, 0.25) is 0 Å². The van der Waals surface area contributed by atoms with Crippen LogP contribution in [0, 0.1) is 13.8 Å². The number of aryl methyl sites for hydroxylation is 2. The van der Waals surface area contributed by atoms with Gasteiger partial charge in [-0.3, -0.25) is 14.9 Å². The zero-order valence-corrected chi connectivity index (χ0v) is 23.8. The molecule has 10 heteroatoms. The van der Waals surface area contributed by atoms with E-state index >= 15 is 0 Å². The molecule has 0 spiro atoms. The van der Waals surface area contributed by atoms with Gasteiger partial charge in [0.05, 0.1) is 12.3 Å². The Morgan fingerprint density at radius 3 is 2.37 bits per heavy atom. The predicted octanol–water partition coefficient (Wildman–Crippen LogP) is 7.02. The van der Waals surface area contributed by atoms with Gasteiger partial charge in [-0.1, -0.05) is 51.3 Å². The number of halogens is 3. The minimum absolute atomic E-state index is 0.164. The standard InChI is InChI=1S/C28H23BrCl2N2O5/c1-4-37-24-11-18(22(29)13-25(24)38-14-17-6-7-19(30)12-23(17)31)10-21-26(34)32-28(36)33(27(21)35)20-8-5-15(2)16(3)9-20/h5-13H,4,14H2,1-3H3,(H,32,34,36)/b21-10+. The molecule has 0 aromatic heterocycles. The van der Waals surface area contributed by atoms with Crippen molar-refractivity contribution in [2.45, 2.75) is 27.4 Å². The summed E-state index contributed by atoms with van der Waals surface area (Å²) in [6.07, 6.45) is 1.41. The number of barbiturate groups is 1. The number of nitrogens with zero attached hydrogens (tertiary/aromatic N) is 1. The number of hydrogen-bond acceptors (Lipinski definition) is 5. The van der Waals surface area contributed by atoms with Gasteiger partial charge in [0.1, 0.15) is 12.2 Å². The lowest BCUT2D eigenvalue weighted by Gasteiger charge is -2.27. The van der Waals surface area contributed by atoms with E-state index in [1.807, 2.05) is 26.8 Å². The molecule has 1 aliphatic heterocycles. The van der Waals surface area contributed by atoms with Gasteiger partial charge in [0, 0.05) is 20.1 Å². The largest absolute Gasteiger partial charge is 0.490 e. The molecule has 1 fully saturated rings. The van der Waals surface area contributed by atoms with Crippen LogP contribution < -0.4 is 19.7 Å². The van der Waals surface area contributed by atoms with Gasteiger partial charge in [-0.15, -0.1) is 0 Å². The Morgan fingerprint density at radius 2 is 1.68 bits per heavy atom. The Bertz CT molecular complexity index is 1490. The normalized spacial score (nSPS) is 14.6. The molecule has 1 saturated heterocycles. The van der Waals surface area contributed by atoms with E-state index < -0.39 is 17.8 Å². The SMILES string of the molecule is CCOc1cc(/C=C2\C(=O)NC(=O)N(c3ccc(C)c(C)c3)C2=O)c(Br)cc1OCc1ccc(Cl)cc1Cl. The number of carbonyl (C=O) groups excluding carboxylic acids is 3. The lowest BCUT2D eigenvalue weighted by molar-refractivity contribution is -0.122. The minimum Gasteiger partial charge on any atom is -0.490 e. The monoisotopic (exact) mass is 616 g/mol. The van der Waals surface area contributed by atoms with Crippen LogP contribution in [0.15, 0.2) is 58.6 Å². The zero-order chi connectivity index (χ0) is 27.6. The first-order valence-corrected chi connectivity index (χ1v) is 13.2. The van der Waals surface area contributed by atoms with Gasteiger partial charge in [0.25, 0.3) is 11.8 Å². The highest BCUT2D eigenvalue weighted by Crippen LogP contribution is 2.36. The van der Waals surface area contributed by atoms with Crippen LogP contribution in [0.2, 0.25) is 10.0 Å². The van der Waals surface area contributed by atoms with E-state index in [9.17, 15) is 14.4 Å². The molecule has 0 atom stereocenters. The van der Waals surface area contributed by atoms with E-state index in [0.29, 0.717) is 43.9 Å². The quantitative estimate of drug-likeness (QED) is 0.228. The van der Waals surface area contributed by atoms with Crippen LogP contribution in [0.1, 0.15) is 29.2 Å². The van der Waals surface area contributed by atoms with Crippen LogP contribution in [0.4, 0.5) is 10.5 Å². The topological polar surface area (TPSA) is 84.9 Å². The van der Waals surface area contributed by atoms with Gasteiger partial charge in [-0.25, -0.2) is 9.69 Å². The van der Waals surface area contributed by atoms with Crippen molar-refractivity contribution in [1.29, 1.82) is 0 Å². The summed E-state index contributed by atoms with van der Waals surface area (Å²) < 4.78 is 12.3. The average Bonchev–Trinajstić information content (AvgIpc) is 2.85. The van der Waals surface area contributed by atoms with E-state index in [2.05, 4.69) is 21.2 Å². The van der Waals surface area contributed by atoms with Gasteiger partial charge in [0.15, 0.2) is 11.5 Å². The molecule has 7 nitrogen and oxygen atoms in total. The average molecular weight is 618 g/mol. The Morgan fingerprint density at radius 1 is 0.947 bits per heavy atom. The van der Waals surface area contributed by atoms with Crippen LogP contribution in [0.5, 0.6) is 11.5 Å². The van der Waals surface area contributed by atoms with Gasteiger partial charge in [-0.05, 0) is 79.9 Å². The fourth-order valence-electron chi connectivity index (χ4n) is 3.75. The Kier molecular flexibility index (Phi) is 8.45. The van der Waals surface area contributed by atoms with Crippen LogP contribution in [0.25, 0.3) is 6.08 Å². The summed E-state index contributed by atoms with van der Waals surface area (Å²) in [5.41, 5.74) is 3.31. The molecule has 0 bridgehead atoms. The lowest BCUT2D eigenvalue weighted by Crippen LogP contribution is -2.54. The molecule has 1 N–H and O–H groups in total. The van der Waals surface area contributed by atoms with Crippen molar-refractivity contribution in [2.24, 2.45) is 0 Å². The summed E-state index contributed by atoms with van der Waals surface area (Å²) in [7, 11) is 0. The van der Waals surface area contributed by atoms with Crippen LogP contribution >= 0.6 is 39.1 Å². The molecule has 196 valence electrons. The number of ether oxygens (including phenoxy) is 2. The molecular weight excluding hydrogens is 595 g/mol. The summed E-state index contributed by atoms with van der Waals surface area (Å²) in [6, 6.07) is 12.8. The third-order valence-electron chi connectivity index (χ3n) is 5.91. The Balaban J connectivity index is 1.67. The fraction of sp³-hybridized carbons (Fsp3) is 0.179. The number of urea groups is 1. The van der Waals surface area contributed by atoms with Crippen molar-refractivity contribution in [2.75, 3.05) is 11.5 Å². The first-order chi connectivity index (χ1) is 18.1. The summed E-state index contributed by atoms with van der Waals surface area (Å²) in [5.74, 6) is -0.691. The number of amides is 4. The first kappa shape index (κ1) is 27.7. The molecule has 1 aliphatic rings. The minimum atomic E-state index is -0.806. The maximum Gasteiger partial charge on any atom is 0.335 e. The van der Waals surface area contributed by atoms with Gasteiger partial charge in [-0.2, -0.15) is 0 Å². The zero-order valence-electron chi connectivity index (χ0n) is 20.7.